The van der Waals surface area contributed by atoms with Gasteiger partial charge in [-0.3, -0.25) is 0 Å². The third-order valence-corrected chi connectivity index (χ3v) is 4.90. The van der Waals surface area contributed by atoms with Crippen molar-refractivity contribution in [3.05, 3.63) is 42.6 Å². The van der Waals surface area contributed by atoms with Crippen LogP contribution >= 0.6 is 0 Å². The fraction of sp³-hybridized carbons (Fsp3) is 0.368. The topological polar surface area (TPSA) is 34.0 Å². The highest BCUT2D eigenvalue weighted by atomic mass is 15.2. The summed E-state index contributed by atoms with van der Waals surface area (Å²) in [6.45, 7) is 4.53. The number of rotatable bonds is 2. The van der Waals surface area contributed by atoms with E-state index >= 15 is 0 Å². The molecule has 0 aliphatic carbocycles. The Kier molecular flexibility index (Phi) is 3.52. The Morgan fingerprint density at radius 2 is 1.87 bits per heavy atom. The van der Waals surface area contributed by atoms with Crippen molar-refractivity contribution in [1.82, 2.24) is 14.5 Å². The van der Waals surface area contributed by atoms with Gasteiger partial charge < -0.3 is 9.47 Å². The summed E-state index contributed by atoms with van der Waals surface area (Å²) >= 11 is 0. The van der Waals surface area contributed by atoms with Crippen molar-refractivity contribution in [2.24, 2.45) is 13.0 Å². The first-order valence-electron chi connectivity index (χ1n) is 8.35. The van der Waals surface area contributed by atoms with Crippen molar-refractivity contribution in [3.63, 3.8) is 0 Å². The average molecular weight is 306 g/mol. The van der Waals surface area contributed by atoms with Crippen LogP contribution in [0, 0.1) is 5.92 Å². The zero-order valence-electron chi connectivity index (χ0n) is 13.7. The maximum absolute atomic E-state index is 4.80. The fourth-order valence-electron chi connectivity index (χ4n) is 3.37. The van der Waals surface area contributed by atoms with Gasteiger partial charge in [0.15, 0.2) is 0 Å². The smallest absolute Gasteiger partial charge is 0.141 e. The van der Waals surface area contributed by atoms with Crippen LogP contribution in [0.1, 0.15) is 19.8 Å². The highest BCUT2D eigenvalue weighted by molar-refractivity contribution is 5.80. The lowest BCUT2D eigenvalue weighted by Crippen LogP contribution is -2.33. The first-order valence-corrected chi connectivity index (χ1v) is 8.35. The van der Waals surface area contributed by atoms with Crippen molar-refractivity contribution < 1.29 is 0 Å². The van der Waals surface area contributed by atoms with E-state index in [4.69, 9.17) is 4.98 Å². The van der Waals surface area contributed by atoms with Gasteiger partial charge in [0, 0.05) is 31.9 Å². The summed E-state index contributed by atoms with van der Waals surface area (Å²) in [4.78, 5) is 11.8. The van der Waals surface area contributed by atoms with E-state index in [1.807, 2.05) is 12.3 Å². The predicted molar refractivity (Wildman–Crippen MR) is 94.6 cm³/mol. The monoisotopic (exact) mass is 306 g/mol. The number of imidazole rings is 1. The van der Waals surface area contributed by atoms with Gasteiger partial charge in [0.25, 0.3) is 0 Å². The lowest BCUT2D eigenvalue weighted by Gasteiger charge is -2.31. The molecular weight excluding hydrogens is 284 g/mol. The molecule has 0 radical (unpaired) electrons. The van der Waals surface area contributed by atoms with Crippen LogP contribution in [-0.4, -0.2) is 27.6 Å². The summed E-state index contributed by atoms with van der Waals surface area (Å²) in [7, 11) is 2.08. The van der Waals surface area contributed by atoms with Crippen LogP contribution in [0.15, 0.2) is 42.6 Å². The first-order chi connectivity index (χ1) is 11.2. The molecule has 0 bridgehead atoms. The zero-order chi connectivity index (χ0) is 15.8. The Hall–Kier alpha value is -2.36. The van der Waals surface area contributed by atoms with Crippen LogP contribution in [0.4, 0.5) is 5.82 Å². The molecule has 118 valence electrons. The third-order valence-electron chi connectivity index (χ3n) is 4.90. The summed E-state index contributed by atoms with van der Waals surface area (Å²) in [6.07, 6.45) is 4.40. The van der Waals surface area contributed by atoms with Gasteiger partial charge in [0.05, 0.1) is 11.0 Å². The fourth-order valence-corrected chi connectivity index (χ4v) is 3.37. The Balaban J connectivity index is 1.71. The van der Waals surface area contributed by atoms with E-state index in [-0.39, 0.29) is 0 Å². The SMILES string of the molecule is CC1CCN(c2cc(-c3nc4ccccc4n3C)ccn2)CC1. The molecule has 1 saturated heterocycles. The molecule has 1 aliphatic rings. The Labute approximate surface area is 136 Å². The minimum Gasteiger partial charge on any atom is -0.357 e. The number of aromatic nitrogens is 3. The molecule has 0 unspecified atom stereocenters. The van der Waals surface area contributed by atoms with E-state index in [2.05, 4.69) is 58.8 Å². The minimum atomic E-state index is 0.828. The average Bonchev–Trinajstić information content (AvgIpc) is 2.93. The van der Waals surface area contributed by atoms with Crippen LogP contribution in [0.25, 0.3) is 22.4 Å². The number of aryl methyl sites for hydroxylation is 1. The highest BCUT2D eigenvalue weighted by Crippen LogP contribution is 2.27. The molecule has 0 N–H and O–H groups in total. The molecule has 3 aromatic rings. The molecule has 2 aromatic heterocycles. The van der Waals surface area contributed by atoms with E-state index in [0.717, 1.165) is 47.2 Å². The molecule has 23 heavy (non-hydrogen) atoms. The van der Waals surface area contributed by atoms with E-state index < -0.39 is 0 Å². The number of fused-ring (bicyclic) bond motifs is 1. The van der Waals surface area contributed by atoms with E-state index in [9.17, 15) is 0 Å². The van der Waals surface area contributed by atoms with Crippen molar-refractivity contribution in [1.29, 1.82) is 0 Å². The van der Waals surface area contributed by atoms with Gasteiger partial charge >= 0.3 is 0 Å². The molecule has 1 aromatic carbocycles. The van der Waals surface area contributed by atoms with Crippen molar-refractivity contribution in [2.75, 3.05) is 18.0 Å². The number of piperidine rings is 1. The molecule has 4 rings (SSSR count). The number of pyridine rings is 1. The van der Waals surface area contributed by atoms with Crippen molar-refractivity contribution >= 4 is 16.9 Å². The molecule has 4 heteroatoms. The summed E-state index contributed by atoms with van der Waals surface area (Å²) in [5.74, 6) is 2.90. The Bertz CT molecular complexity index is 828. The standard InChI is InChI=1S/C19H22N4/c1-14-8-11-23(12-9-14)18-13-15(7-10-20-18)19-21-16-5-3-4-6-17(16)22(19)2/h3-7,10,13-14H,8-9,11-12H2,1-2H3. The largest absolute Gasteiger partial charge is 0.357 e. The first kappa shape index (κ1) is 14.2. The summed E-state index contributed by atoms with van der Waals surface area (Å²) in [6, 6.07) is 12.5. The lowest BCUT2D eigenvalue weighted by atomic mass is 9.99. The number of para-hydroxylation sites is 2. The number of anilines is 1. The molecule has 3 heterocycles. The number of benzene rings is 1. The third kappa shape index (κ3) is 2.58. The second-order valence-electron chi connectivity index (χ2n) is 6.56. The lowest BCUT2D eigenvalue weighted by molar-refractivity contribution is 0.436. The summed E-state index contributed by atoms with van der Waals surface area (Å²) in [5.41, 5.74) is 3.33. The van der Waals surface area contributed by atoms with Gasteiger partial charge in [-0.2, -0.15) is 0 Å². The molecule has 0 saturated carbocycles. The zero-order valence-corrected chi connectivity index (χ0v) is 13.7. The van der Waals surface area contributed by atoms with Gasteiger partial charge in [0.2, 0.25) is 0 Å². The van der Waals surface area contributed by atoms with Crippen molar-refractivity contribution in [2.45, 2.75) is 19.8 Å². The van der Waals surface area contributed by atoms with Gasteiger partial charge in [-0.1, -0.05) is 19.1 Å². The molecule has 1 fully saturated rings. The van der Waals surface area contributed by atoms with E-state index in [1.54, 1.807) is 0 Å². The van der Waals surface area contributed by atoms with Gasteiger partial charge in [-0.15, -0.1) is 0 Å². The van der Waals surface area contributed by atoms with Crippen molar-refractivity contribution in [3.8, 4) is 11.4 Å². The second-order valence-corrected chi connectivity index (χ2v) is 6.56. The van der Waals surface area contributed by atoms with E-state index in [0.29, 0.717) is 0 Å². The second kappa shape index (κ2) is 5.69. The maximum atomic E-state index is 4.80. The summed E-state index contributed by atoms with van der Waals surface area (Å²) < 4.78 is 2.16. The quantitative estimate of drug-likeness (QED) is 0.720. The van der Waals surface area contributed by atoms with Crippen LogP contribution in [0.2, 0.25) is 0 Å². The number of hydrogen-bond acceptors (Lipinski definition) is 3. The van der Waals surface area contributed by atoms with Crippen LogP contribution in [-0.2, 0) is 7.05 Å². The molecule has 4 nitrogen and oxygen atoms in total. The molecule has 0 amide bonds. The van der Waals surface area contributed by atoms with Crippen LogP contribution in [0.3, 0.4) is 0 Å². The van der Waals surface area contributed by atoms with Gasteiger partial charge in [-0.25, -0.2) is 9.97 Å². The Morgan fingerprint density at radius 1 is 1.09 bits per heavy atom. The van der Waals surface area contributed by atoms with Crippen LogP contribution < -0.4 is 4.90 Å². The summed E-state index contributed by atoms with van der Waals surface area (Å²) in [5, 5.41) is 0. The number of nitrogens with zero attached hydrogens (tertiary/aromatic N) is 4. The van der Waals surface area contributed by atoms with Gasteiger partial charge in [0.1, 0.15) is 11.6 Å². The predicted octanol–water partition coefficient (Wildman–Crippen LogP) is 3.87. The maximum Gasteiger partial charge on any atom is 0.141 e. The molecular formula is C19H22N4. The van der Waals surface area contributed by atoms with Gasteiger partial charge in [-0.05, 0) is 43.0 Å². The molecule has 0 spiro atoms. The molecule has 1 aliphatic heterocycles. The molecule has 0 atom stereocenters. The minimum absolute atomic E-state index is 0.828. The normalized spacial score (nSPS) is 16.2. The van der Waals surface area contributed by atoms with E-state index in [1.165, 1.54) is 12.8 Å². The Morgan fingerprint density at radius 3 is 2.65 bits per heavy atom. The highest BCUT2D eigenvalue weighted by Gasteiger charge is 2.18. The van der Waals surface area contributed by atoms with Crippen LogP contribution in [0.5, 0.6) is 0 Å². The number of hydrogen-bond donors (Lipinski definition) is 0.